The second-order valence-electron chi connectivity index (χ2n) is 3.96. The predicted octanol–water partition coefficient (Wildman–Crippen LogP) is 1.04. The molecule has 0 spiro atoms. The summed E-state index contributed by atoms with van der Waals surface area (Å²) in [4.78, 5) is 11.3. The molecule has 0 aliphatic rings. The van der Waals surface area contributed by atoms with Gasteiger partial charge in [-0.3, -0.25) is 9.18 Å². The van der Waals surface area contributed by atoms with Crippen LogP contribution < -0.4 is 15.8 Å². The summed E-state index contributed by atoms with van der Waals surface area (Å²) >= 11 is 0. The summed E-state index contributed by atoms with van der Waals surface area (Å²) < 4.78 is 17.2. The van der Waals surface area contributed by atoms with Crippen molar-refractivity contribution in [3.05, 3.63) is 29.8 Å². The first kappa shape index (κ1) is 14.4. The highest BCUT2D eigenvalue weighted by atomic mass is 19.1. The van der Waals surface area contributed by atoms with E-state index in [1.807, 2.05) is 12.1 Å². The normalized spacial score (nSPS) is 11.9. The van der Waals surface area contributed by atoms with Gasteiger partial charge in [-0.25, -0.2) is 0 Å². The predicted molar refractivity (Wildman–Crippen MR) is 68.3 cm³/mol. The zero-order chi connectivity index (χ0) is 13.4. The third-order valence-corrected chi connectivity index (χ3v) is 2.51. The first-order valence-electron chi connectivity index (χ1n) is 5.92. The minimum absolute atomic E-state index is 0.182. The number of hydrogen-bond acceptors (Lipinski definition) is 3. The van der Waals surface area contributed by atoms with Gasteiger partial charge in [0.25, 0.3) is 0 Å². The summed E-state index contributed by atoms with van der Waals surface area (Å²) in [6.45, 7) is -0.00727. The lowest BCUT2D eigenvalue weighted by atomic mass is 10.1. The van der Waals surface area contributed by atoms with E-state index in [1.165, 1.54) is 0 Å². The molecule has 18 heavy (non-hydrogen) atoms. The molecule has 1 amide bonds. The molecular weight excluding hydrogens is 235 g/mol. The maximum Gasteiger partial charge on any atom is 0.237 e. The molecule has 0 saturated heterocycles. The van der Waals surface area contributed by atoms with Gasteiger partial charge in [-0.2, -0.15) is 0 Å². The molecule has 0 bridgehead atoms. The number of likely N-dealkylation sites (N-methyl/N-ethyl adjacent to an activating group) is 1. The van der Waals surface area contributed by atoms with Crippen LogP contribution in [-0.2, 0) is 11.2 Å². The van der Waals surface area contributed by atoms with Gasteiger partial charge < -0.3 is 15.8 Å². The monoisotopic (exact) mass is 254 g/mol. The molecule has 5 heteroatoms. The van der Waals surface area contributed by atoms with Crippen molar-refractivity contribution in [2.45, 2.75) is 18.9 Å². The lowest BCUT2D eigenvalue weighted by Gasteiger charge is -2.10. The number of ether oxygens (including phenoxy) is 1. The van der Waals surface area contributed by atoms with Crippen LogP contribution in [0.5, 0.6) is 5.75 Å². The van der Waals surface area contributed by atoms with Gasteiger partial charge in [0, 0.05) is 13.5 Å². The molecule has 4 nitrogen and oxygen atoms in total. The molecule has 0 radical (unpaired) electrons. The first-order valence-corrected chi connectivity index (χ1v) is 5.92. The largest absolute Gasteiger partial charge is 0.494 e. The number of hydrogen-bond donors (Lipinski definition) is 2. The van der Waals surface area contributed by atoms with Crippen molar-refractivity contribution in [2.24, 2.45) is 5.73 Å². The lowest BCUT2D eigenvalue weighted by Crippen LogP contribution is -2.40. The van der Waals surface area contributed by atoms with Crippen molar-refractivity contribution < 1.29 is 13.9 Å². The molecule has 1 aromatic rings. The summed E-state index contributed by atoms with van der Waals surface area (Å²) in [7, 11) is 1.56. The Hall–Kier alpha value is -1.62. The highest BCUT2D eigenvalue weighted by Gasteiger charge is 2.11. The number of carbonyl (C=O) groups excluding carboxylic acids is 1. The topological polar surface area (TPSA) is 64.4 Å². The maximum atomic E-state index is 11.9. The van der Waals surface area contributed by atoms with Gasteiger partial charge in [-0.1, -0.05) is 12.1 Å². The molecule has 100 valence electrons. The SMILES string of the molecule is CNC(=O)C(N)Cc1ccc(OCCCF)cc1. The summed E-state index contributed by atoms with van der Waals surface area (Å²) in [5, 5.41) is 2.51. The maximum absolute atomic E-state index is 11.9. The molecule has 1 unspecified atom stereocenters. The van der Waals surface area contributed by atoms with E-state index in [0.29, 0.717) is 25.2 Å². The van der Waals surface area contributed by atoms with Gasteiger partial charge in [-0.05, 0) is 24.1 Å². The highest BCUT2D eigenvalue weighted by Crippen LogP contribution is 2.13. The fourth-order valence-electron chi connectivity index (χ4n) is 1.50. The van der Waals surface area contributed by atoms with E-state index in [-0.39, 0.29) is 12.6 Å². The van der Waals surface area contributed by atoms with Crippen LogP contribution in [0.1, 0.15) is 12.0 Å². The Morgan fingerprint density at radius 3 is 2.67 bits per heavy atom. The van der Waals surface area contributed by atoms with E-state index < -0.39 is 6.04 Å². The zero-order valence-corrected chi connectivity index (χ0v) is 10.5. The van der Waals surface area contributed by atoms with E-state index in [2.05, 4.69) is 5.32 Å². The Labute approximate surface area is 106 Å². The van der Waals surface area contributed by atoms with E-state index in [9.17, 15) is 9.18 Å². The minimum Gasteiger partial charge on any atom is -0.494 e. The summed E-state index contributed by atoms with van der Waals surface area (Å²) in [6, 6.07) is 6.75. The van der Waals surface area contributed by atoms with Crippen molar-refractivity contribution in [2.75, 3.05) is 20.3 Å². The fourth-order valence-corrected chi connectivity index (χ4v) is 1.50. The van der Waals surface area contributed by atoms with Crippen molar-refractivity contribution in [3.8, 4) is 5.75 Å². The van der Waals surface area contributed by atoms with Gasteiger partial charge in [0.1, 0.15) is 5.75 Å². The molecule has 0 aliphatic heterocycles. The minimum atomic E-state index is -0.548. The Balaban J connectivity index is 2.47. The lowest BCUT2D eigenvalue weighted by molar-refractivity contribution is -0.121. The van der Waals surface area contributed by atoms with E-state index >= 15 is 0 Å². The van der Waals surface area contributed by atoms with Crippen molar-refractivity contribution in [1.82, 2.24) is 5.32 Å². The molecule has 3 N–H and O–H groups in total. The standard InChI is InChI=1S/C13H19FN2O2/c1-16-13(17)12(15)9-10-3-5-11(6-4-10)18-8-2-7-14/h3-6,12H,2,7-9,15H2,1H3,(H,16,17). The molecule has 1 aromatic carbocycles. The quantitative estimate of drug-likeness (QED) is 0.715. The zero-order valence-electron chi connectivity index (χ0n) is 10.5. The Bertz CT molecular complexity index is 368. The third-order valence-electron chi connectivity index (χ3n) is 2.51. The average molecular weight is 254 g/mol. The number of nitrogens with two attached hydrogens (primary N) is 1. The number of amides is 1. The van der Waals surface area contributed by atoms with Crippen LogP contribution in [-0.4, -0.2) is 32.3 Å². The molecule has 0 saturated carbocycles. The molecule has 1 atom stereocenters. The smallest absolute Gasteiger partial charge is 0.237 e. The Morgan fingerprint density at radius 1 is 1.44 bits per heavy atom. The molecule has 1 rings (SSSR count). The number of halogens is 1. The van der Waals surface area contributed by atoms with Gasteiger partial charge in [0.05, 0.1) is 19.3 Å². The van der Waals surface area contributed by atoms with Gasteiger partial charge >= 0.3 is 0 Å². The number of alkyl halides is 1. The number of nitrogens with one attached hydrogen (secondary N) is 1. The third kappa shape index (κ3) is 4.71. The second-order valence-corrected chi connectivity index (χ2v) is 3.96. The van der Waals surface area contributed by atoms with Crippen LogP contribution >= 0.6 is 0 Å². The highest BCUT2D eigenvalue weighted by molar-refractivity contribution is 5.81. The average Bonchev–Trinajstić information content (AvgIpc) is 2.40. The first-order chi connectivity index (χ1) is 8.67. The fraction of sp³-hybridized carbons (Fsp3) is 0.462. The van der Waals surface area contributed by atoms with E-state index in [0.717, 1.165) is 5.56 Å². The van der Waals surface area contributed by atoms with Crippen molar-refractivity contribution >= 4 is 5.91 Å². The van der Waals surface area contributed by atoms with Crippen LogP contribution in [0.4, 0.5) is 4.39 Å². The van der Waals surface area contributed by atoms with Gasteiger partial charge in [0.2, 0.25) is 5.91 Å². The van der Waals surface area contributed by atoms with E-state index in [4.69, 9.17) is 10.5 Å². The van der Waals surface area contributed by atoms with Crippen LogP contribution in [0.3, 0.4) is 0 Å². The van der Waals surface area contributed by atoms with Gasteiger partial charge in [0.15, 0.2) is 0 Å². The molecule has 0 aromatic heterocycles. The molecule has 0 heterocycles. The van der Waals surface area contributed by atoms with Gasteiger partial charge in [-0.15, -0.1) is 0 Å². The number of benzene rings is 1. The van der Waals surface area contributed by atoms with Crippen LogP contribution in [0.2, 0.25) is 0 Å². The number of carbonyl (C=O) groups is 1. The van der Waals surface area contributed by atoms with Crippen LogP contribution in [0, 0.1) is 0 Å². The molecule has 0 aliphatic carbocycles. The molecule has 0 fully saturated rings. The summed E-state index contributed by atoms with van der Waals surface area (Å²) in [5.74, 6) is 0.513. The van der Waals surface area contributed by atoms with Crippen molar-refractivity contribution in [1.29, 1.82) is 0 Å². The summed E-state index contributed by atoms with van der Waals surface area (Å²) in [6.07, 6.45) is 0.869. The van der Waals surface area contributed by atoms with Crippen LogP contribution in [0.25, 0.3) is 0 Å². The Morgan fingerprint density at radius 2 is 2.11 bits per heavy atom. The van der Waals surface area contributed by atoms with E-state index in [1.54, 1.807) is 19.2 Å². The summed E-state index contributed by atoms with van der Waals surface area (Å²) in [5.41, 5.74) is 6.67. The van der Waals surface area contributed by atoms with Crippen molar-refractivity contribution in [3.63, 3.8) is 0 Å². The second kappa shape index (κ2) is 7.66. The molecular formula is C13H19FN2O2. The van der Waals surface area contributed by atoms with Crippen LogP contribution in [0.15, 0.2) is 24.3 Å². The Kier molecular flexibility index (Phi) is 6.14. The number of rotatable bonds is 7.